The number of amides is 1. The van der Waals surface area contributed by atoms with Gasteiger partial charge in [-0.2, -0.15) is 0 Å². The van der Waals surface area contributed by atoms with Crippen LogP contribution in [0.4, 0.5) is 4.39 Å². The zero-order chi connectivity index (χ0) is 14.2. The Morgan fingerprint density at radius 1 is 1.53 bits per heavy atom. The molecule has 1 amide bonds. The zero-order valence-electron chi connectivity index (χ0n) is 11.4. The molecule has 0 heterocycles. The van der Waals surface area contributed by atoms with E-state index in [-0.39, 0.29) is 28.8 Å². The van der Waals surface area contributed by atoms with Crippen LogP contribution >= 0.6 is 0 Å². The van der Waals surface area contributed by atoms with Crippen molar-refractivity contribution in [3.8, 4) is 5.75 Å². The number of hydrogen-bond donors (Lipinski definition) is 2. The minimum Gasteiger partial charge on any atom is -0.496 e. The van der Waals surface area contributed by atoms with Crippen LogP contribution in [-0.4, -0.2) is 25.1 Å². The Bertz CT molecular complexity index is 502. The highest BCUT2D eigenvalue weighted by Crippen LogP contribution is 2.39. The first-order chi connectivity index (χ1) is 8.87. The standard InChI is InChI=1S/C14H19FN2O2/c1-14(2)10(16)7-11(14)17-13(18)12-8(15)5-4-6-9(12)19-3/h4-6,10-11H,7,16H2,1-3H3,(H,17,18). The lowest BCUT2D eigenvalue weighted by Crippen LogP contribution is -2.64. The van der Waals surface area contributed by atoms with E-state index in [1.165, 1.54) is 19.2 Å². The van der Waals surface area contributed by atoms with Crippen molar-refractivity contribution in [2.24, 2.45) is 11.1 Å². The highest BCUT2D eigenvalue weighted by molar-refractivity contribution is 5.97. The first-order valence-corrected chi connectivity index (χ1v) is 6.27. The minimum absolute atomic E-state index is 0.0423. The quantitative estimate of drug-likeness (QED) is 0.875. The van der Waals surface area contributed by atoms with E-state index >= 15 is 0 Å². The van der Waals surface area contributed by atoms with E-state index in [1.54, 1.807) is 6.07 Å². The van der Waals surface area contributed by atoms with Crippen LogP contribution in [0.15, 0.2) is 18.2 Å². The van der Waals surface area contributed by atoms with Crippen LogP contribution in [0.25, 0.3) is 0 Å². The number of hydrogen-bond acceptors (Lipinski definition) is 3. The van der Waals surface area contributed by atoms with Crippen LogP contribution in [-0.2, 0) is 0 Å². The second-order valence-electron chi connectivity index (χ2n) is 5.51. The second-order valence-corrected chi connectivity index (χ2v) is 5.51. The number of halogens is 1. The number of nitrogens with two attached hydrogens (primary N) is 1. The lowest BCUT2D eigenvalue weighted by Gasteiger charge is -2.50. The van der Waals surface area contributed by atoms with Crippen LogP contribution in [0.3, 0.4) is 0 Å². The topological polar surface area (TPSA) is 64.3 Å². The summed E-state index contributed by atoms with van der Waals surface area (Å²) in [4.78, 5) is 12.2. The van der Waals surface area contributed by atoms with Crippen LogP contribution in [0.2, 0.25) is 0 Å². The molecule has 0 aliphatic heterocycles. The van der Waals surface area contributed by atoms with Crippen LogP contribution in [0, 0.1) is 11.2 Å². The van der Waals surface area contributed by atoms with Crippen molar-refractivity contribution in [3.63, 3.8) is 0 Å². The number of methoxy groups -OCH3 is 1. The molecule has 19 heavy (non-hydrogen) atoms. The third-order valence-corrected chi connectivity index (χ3v) is 4.07. The molecular formula is C14H19FN2O2. The lowest BCUT2D eigenvalue weighted by atomic mass is 9.63. The number of carbonyl (C=O) groups excluding carboxylic acids is 1. The third-order valence-electron chi connectivity index (χ3n) is 4.07. The van der Waals surface area contributed by atoms with Crippen molar-refractivity contribution in [2.75, 3.05) is 7.11 Å². The van der Waals surface area contributed by atoms with E-state index in [1.807, 2.05) is 13.8 Å². The SMILES string of the molecule is COc1cccc(F)c1C(=O)NC1CC(N)C1(C)C. The molecule has 1 fully saturated rings. The van der Waals surface area contributed by atoms with Crippen LogP contribution in [0.5, 0.6) is 5.75 Å². The van der Waals surface area contributed by atoms with Gasteiger partial charge in [0.1, 0.15) is 17.1 Å². The predicted octanol–water partition coefficient (Wildman–Crippen LogP) is 1.69. The Hall–Kier alpha value is -1.62. The molecule has 1 aliphatic carbocycles. The molecule has 1 aromatic carbocycles. The molecule has 0 bridgehead atoms. The van der Waals surface area contributed by atoms with E-state index < -0.39 is 11.7 Å². The Morgan fingerprint density at radius 3 is 2.74 bits per heavy atom. The molecule has 104 valence electrons. The average molecular weight is 266 g/mol. The van der Waals surface area contributed by atoms with Gasteiger partial charge >= 0.3 is 0 Å². The number of rotatable bonds is 3. The van der Waals surface area contributed by atoms with Gasteiger partial charge < -0.3 is 15.8 Å². The Labute approximate surface area is 112 Å². The highest BCUT2D eigenvalue weighted by Gasteiger charge is 2.47. The monoisotopic (exact) mass is 266 g/mol. The molecule has 4 nitrogen and oxygen atoms in total. The summed E-state index contributed by atoms with van der Waals surface area (Å²) in [6.07, 6.45) is 0.704. The van der Waals surface area contributed by atoms with E-state index in [0.29, 0.717) is 6.42 Å². The van der Waals surface area contributed by atoms with Crippen LogP contribution < -0.4 is 15.8 Å². The first kappa shape index (κ1) is 13.8. The summed E-state index contributed by atoms with van der Waals surface area (Å²) in [5.41, 5.74) is 5.67. The molecule has 0 radical (unpaired) electrons. The summed E-state index contributed by atoms with van der Waals surface area (Å²) in [6.45, 7) is 3.98. The predicted molar refractivity (Wildman–Crippen MR) is 70.6 cm³/mol. The smallest absolute Gasteiger partial charge is 0.258 e. The number of carbonyl (C=O) groups is 1. The van der Waals surface area contributed by atoms with E-state index in [0.717, 1.165) is 0 Å². The normalized spacial score (nSPS) is 24.5. The first-order valence-electron chi connectivity index (χ1n) is 6.27. The molecular weight excluding hydrogens is 247 g/mol. The van der Waals surface area contributed by atoms with Crippen molar-refractivity contribution in [1.29, 1.82) is 0 Å². The fourth-order valence-corrected chi connectivity index (χ4v) is 2.33. The van der Waals surface area contributed by atoms with E-state index in [9.17, 15) is 9.18 Å². The molecule has 1 aliphatic rings. The van der Waals surface area contributed by atoms with Gasteiger partial charge in [-0.3, -0.25) is 4.79 Å². The molecule has 2 unspecified atom stereocenters. The second kappa shape index (κ2) is 4.81. The molecule has 2 atom stereocenters. The maximum Gasteiger partial charge on any atom is 0.258 e. The van der Waals surface area contributed by atoms with Crippen molar-refractivity contribution in [1.82, 2.24) is 5.32 Å². The largest absolute Gasteiger partial charge is 0.496 e. The maximum absolute atomic E-state index is 13.8. The van der Waals surface area contributed by atoms with Gasteiger partial charge in [0.15, 0.2) is 0 Å². The fourth-order valence-electron chi connectivity index (χ4n) is 2.33. The Kier molecular flexibility index (Phi) is 3.49. The van der Waals surface area contributed by atoms with Gasteiger partial charge in [0.25, 0.3) is 5.91 Å². The Morgan fingerprint density at radius 2 is 2.21 bits per heavy atom. The van der Waals surface area contributed by atoms with E-state index in [4.69, 9.17) is 10.5 Å². The summed E-state index contributed by atoms with van der Waals surface area (Å²) in [7, 11) is 1.41. The van der Waals surface area contributed by atoms with E-state index in [2.05, 4.69) is 5.32 Å². The van der Waals surface area contributed by atoms with Crippen molar-refractivity contribution < 1.29 is 13.9 Å². The van der Waals surface area contributed by atoms with Crippen molar-refractivity contribution >= 4 is 5.91 Å². The zero-order valence-corrected chi connectivity index (χ0v) is 11.4. The molecule has 0 aromatic heterocycles. The van der Waals surface area contributed by atoms with Gasteiger partial charge in [0.05, 0.1) is 7.11 Å². The molecule has 3 N–H and O–H groups in total. The maximum atomic E-state index is 13.8. The molecule has 1 aromatic rings. The van der Waals surface area contributed by atoms with Gasteiger partial charge in [-0.15, -0.1) is 0 Å². The van der Waals surface area contributed by atoms with Gasteiger partial charge in [-0.25, -0.2) is 4.39 Å². The van der Waals surface area contributed by atoms with Gasteiger partial charge in [0.2, 0.25) is 0 Å². The van der Waals surface area contributed by atoms with Gasteiger partial charge in [0, 0.05) is 17.5 Å². The number of ether oxygens (including phenoxy) is 1. The summed E-state index contributed by atoms with van der Waals surface area (Å²) in [5.74, 6) is -0.808. The highest BCUT2D eigenvalue weighted by atomic mass is 19.1. The third kappa shape index (κ3) is 2.30. The molecule has 1 saturated carbocycles. The fraction of sp³-hybridized carbons (Fsp3) is 0.500. The summed E-state index contributed by atoms with van der Waals surface area (Å²) >= 11 is 0. The Balaban J connectivity index is 2.18. The van der Waals surface area contributed by atoms with Crippen molar-refractivity contribution in [3.05, 3.63) is 29.6 Å². The minimum atomic E-state index is -0.585. The molecule has 2 rings (SSSR count). The lowest BCUT2D eigenvalue weighted by molar-refractivity contribution is 0.0582. The van der Waals surface area contributed by atoms with Crippen molar-refractivity contribution in [2.45, 2.75) is 32.4 Å². The molecule has 0 saturated heterocycles. The number of nitrogens with one attached hydrogen (secondary N) is 1. The summed E-state index contributed by atoms with van der Waals surface area (Å²) < 4.78 is 18.8. The molecule has 5 heteroatoms. The number of benzene rings is 1. The van der Waals surface area contributed by atoms with Crippen LogP contribution in [0.1, 0.15) is 30.6 Å². The summed E-state index contributed by atoms with van der Waals surface area (Å²) in [6, 6.07) is 4.33. The summed E-state index contributed by atoms with van der Waals surface area (Å²) in [5, 5.41) is 2.83. The van der Waals surface area contributed by atoms with Gasteiger partial charge in [-0.1, -0.05) is 19.9 Å². The van der Waals surface area contributed by atoms with Gasteiger partial charge in [-0.05, 0) is 18.6 Å². The average Bonchev–Trinajstić information content (AvgIpc) is 2.37. The molecule has 0 spiro atoms.